The van der Waals surface area contributed by atoms with E-state index in [1.807, 2.05) is 12.3 Å². The largest absolute Gasteiger partial charge is 0.338 e. The van der Waals surface area contributed by atoms with Gasteiger partial charge in [0.25, 0.3) is 0 Å². The van der Waals surface area contributed by atoms with Crippen molar-refractivity contribution in [2.75, 3.05) is 0 Å². The topological polar surface area (TPSA) is 17.8 Å². The van der Waals surface area contributed by atoms with Gasteiger partial charge in [-0.3, -0.25) is 4.98 Å². The molecule has 0 aliphatic rings. The number of pyridine rings is 1. The molecule has 0 unspecified atom stereocenters. The first-order valence-electron chi connectivity index (χ1n) is 8.95. The highest BCUT2D eigenvalue weighted by Gasteiger charge is 2.14. The average molecular weight is 338 g/mol. The number of benzene rings is 2. The van der Waals surface area contributed by atoms with Crippen LogP contribution in [0.1, 0.15) is 28.1 Å². The van der Waals surface area contributed by atoms with Gasteiger partial charge in [-0.05, 0) is 42.7 Å². The predicted octanol–water partition coefficient (Wildman–Crippen LogP) is 5.87. The molecule has 0 fully saturated rings. The molecule has 4 aromatic rings. The summed E-state index contributed by atoms with van der Waals surface area (Å²) in [5, 5.41) is 1.28. The van der Waals surface area contributed by atoms with Crippen LogP contribution in [0.2, 0.25) is 0 Å². The van der Waals surface area contributed by atoms with E-state index in [0.717, 1.165) is 12.2 Å². The van der Waals surface area contributed by atoms with Gasteiger partial charge in [0.15, 0.2) is 0 Å². The summed E-state index contributed by atoms with van der Waals surface area (Å²) in [6.07, 6.45) is 6.16. The molecule has 0 saturated carbocycles. The summed E-state index contributed by atoms with van der Waals surface area (Å²) in [5.41, 5.74) is 7.33. The maximum atomic E-state index is 4.67. The van der Waals surface area contributed by atoms with E-state index in [1.165, 1.54) is 33.3 Å². The molecule has 2 aromatic carbocycles. The smallest absolute Gasteiger partial charge is 0.0873 e. The highest BCUT2D eigenvalue weighted by atomic mass is 15.0. The van der Waals surface area contributed by atoms with Crippen LogP contribution in [0.25, 0.3) is 23.1 Å². The van der Waals surface area contributed by atoms with E-state index >= 15 is 0 Å². The van der Waals surface area contributed by atoms with Gasteiger partial charge in [0.1, 0.15) is 0 Å². The minimum atomic E-state index is 0.856. The molecule has 128 valence electrons. The Balaban J connectivity index is 1.84. The van der Waals surface area contributed by atoms with Gasteiger partial charge in [-0.1, -0.05) is 66.7 Å². The van der Waals surface area contributed by atoms with Gasteiger partial charge in [-0.25, -0.2) is 0 Å². The van der Waals surface area contributed by atoms with Gasteiger partial charge in [-0.2, -0.15) is 0 Å². The van der Waals surface area contributed by atoms with Crippen LogP contribution >= 0.6 is 0 Å². The van der Waals surface area contributed by atoms with Crippen molar-refractivity contribution in [2.45, 2.75) is 20.4 Å². The second-order valence-electron chi connectivity index (χ2n) is 6.62. The number of hydrogen-bond acceptors (Lipinski definition) is 1. The van der Waals surface area contributed by atoms with Crippen molar-refractivity contribution in [1.29, 1.82) is 0 Å². The first-order valence-corrected chi connectivity index (χ1v) is 8.95. The minimum Gasteiger partial charge on any atom is -0.338 e. The fraction of sp³-hybridized carbons (Fsp3) is 0.125. The SMILES string of the molecule is Cc1c(C)n(Cc2ccccc2)c2c(/C=C/c3ccccc3)nccc12. The van der Waals surface area contributed by atoms with Gasteiger partial charge in [0.05, 0.1) is 11.2 Å². The normalized spacial score (nSPS) is 11.5. The summed E-state index contributed by atoms with van der Waals surface area (Å²) < 4.78 is 2.39. The zero-order chi connectivity index (χ0) is 17.9. The summed E-state index contributed by atoms with van der Waals surface area (Å²) in [4.78, 5) is 4.67. The van der Waals surface area contributed by atoms with Crippen LogP contribution in [-0.2, 0) is 6.54 Å². The van der Waals surface area contributed by atoms with Crippen LogP contribution in [0, 0.1) is 13.8 Å². The Morgan fingerprint density at radius 3 is 2.27 bits per heavy atom. The van der Waals surface area contributed by atoms with Crippen molar-refractivity contribution in [3.05, 3.63) is 101 Å². The van der Waals surface area contributed by atoms with Crippen LogP contribution in [0.4, 0.5) is 0 Å². The second kappa shape index (κ2) is 7.01. The summed E-state index contributed by atoms with van der Waals surface area (Å²) in [6.45, 7) is 5.25. The van der Waals surface area contributed by atoms with Gasteiger partial charge in [0.2, 0.25) is 0 Å². The molecular weight excluding hydrogens is 316 g/mol. The van der Waals surface area contributed by atoms with Crippen molar-refractivity contribution >= 4 is 23.1 Å². The Hall–Kier alpha value is -3.13. The Morgan fingerprint density at radius 2 is 1.54 bits per heavy atom. The van der Waals surface area contributed by atoms with Crippen molar-refractivity contribution < 1.29 is 0 Å². The zero-order valence-corrected chi connectivity index (χ0v) is 15.2. The van der Waals surface area contributed by atoms with Gasteiger partial charge in [-0.15, -0.1) is 0 Å². The molecule has 0 bridgehead atoms. The Morgan fingerprint density at radius 1 is 0.846 bits per heavy atom. The average Bonchev–Trinajstić information content (AvgIpc) is 2.93. The number of aryl methyl sites for hydroxylation is 1. The Labute approximate surface area is 154 Å². The highest BCUT2D eigenvalue weighted by molar-refractivity contribution is 5.92. The molecule has 0 N–H and O–H groups in total. The molecule has 26 heavy (non-hydrogen) atoms. The van der Waals surface area contributed by atoms with E-state index in [2.05, 4.69) is 96.2 Å². The molecular formula is C24H22N2. The monoisotopic (exact) mass is 338 g/mol. The van der Waals surface area contributed by atoms with E-state index < -0.39 is 0 Å². The third kappa shape index (κ3) is 3.06. The van der Waals surface area contributed by atoms with Crippen molar-refractivity contribution in [1.82, 2.24) is 9.55 Å². The minimum absolute atomic E-state index is 0.856. The van der Waals surface area contributed by atoms with Gasteiger partial charge in [0, 0.05) is 23.8 Å². The Kier molecular flexibility index (Phi) is 4.40. The van der Waals surface area contributed by atoms with Crippen LogP contribution < -0.4 is 0 Å². The van der Waals surface area contributed by atoms with Crippen LogP contribution in [0.3, 0.4) is 0 Å². The lowest BCUT2D eigenvalue weighted by molar-refractivity contribution is 0.798. The first kappa shape index (κ1) is 16.3. The number of nitrogens with zero attached hydrogens (tertiary/aromatic N) is 2. The van der Waals surface area contributed by atoms with Crippen molar-refractivity contribution in [3.8, 4) is 0 Å². The number of fused-ring (bicyclic) bond motifs is 1. The molecule has 0 aliphatic carbocycles. The van der Waals surface area contributed by atoms with Crippen LogP contribution in [-0.4, -0.2) is 9.55 Å². The predicted molar refractivity (Wildman–Crippen MR) is 110 cm³/mol. The molecule has 0 amide bonds. The molecule has 2 aromatic heterocycles. The van der Waals surface area contributed by atoms with Gasteiger partial charge >= 0.3 is 0 Å². The second-order valence-corrected chi connectivity index (χ2v) is 6.62. The van der Waals surface area contributed by atoms with E-state index in [-0.39, 0.29) is 0 Å². The Bertz CT molecular complexity index is 1060. The fourth-order valence-electron chi connectivity index (χ4n) is 3.45. The lowest BCUT2D eigenvalue weighted by Gasteiger charge is -2.10. The van der Waals surface area contributed by atoms with Crippen molar-refractivity contribution in [2.24, 2.45) is 0 Å². The molecule has 2 heteroatoms. The maximum absolute atomic E-state index is 4.67. The molecule has 4 rings (SSSR count). The summed E-state index contributed by atoms with van der Waals surface area (Å²) in [7, 11) is 0. The van der Waals surface area contributed by atoms with E-state index in [4.69, 9.17) is 0 Å². The molecule has 2 heterocycles. The summed E-state index contributed by atoms with van der Waals surface area (Å²) >= 11 is 0. The lowest BCUT2D eigenvalue weighted by Crippen LogP contribution is -2.03. The standard InChI is InChI=1S/C24H22N2/c1-18-19(2)26(17-21-11-7-4-8-12-21)24-22(18)15-16-25-23(24)14-13-20-9-5-3-6-10-20/h3-16H,17H2,1-2H3/b14-13+. The van der Waals surface area contributed by atoms with Crippen LogP contribution in [0.5, 0.6) is 0 Å². The fourth-order valence-corrected chi connectivity index (χ4v) is 3.45. The molecule has 0 atom stereocenters. The number of hydrogen-bond donors (Lipinski definition) is 0. The molecule has 0 radical (unpaired) electrons. The molecule has 0 saturated heterocycles. The third-order valence-electron chi connectivity index (χ3n) is 4.99. The highest BCUT2D eigenvalue weighted by Crippen LogP contribution is 2.28. The lowest BCUT2D eigenvalue weighted by atomic mass is 10.1. The van der Waals surface area contributed by atoms with E-state index in [0.29, 0.717) is 0 Å². The summed E-state index contributed by atoms with van der Waals surface area (Å²) in [6, 6.07) is 23.1. The van der Waals surface area contributed by atoms with Gasteiger partial charge < -0.3 is 4.57 Å². The third-order valence-corrected chi connectivity index (χ3v) is 4.99. The van der Waals surface area contributed by atoms with E-state index in [1.54, 1.807) is 0 Å². The van der Waals surface area contributed by atoms with Crippen LogP contribution in [0.15, 0.2) is 72.9 Å². The summed E-state index contributed by atoms with van der Waals surface area (Å²) in [5.74, 6) is 0. The van der Waals surface area contributed by atoms with Crippen molar-refractivity contribution in [3.63, 3.8) is 0 Å². The number of aromatic nitrogens is 2. The zero-order valence-electron chi connectivity index (χ0n) is 15.2. The van der Waals surface area contributed by atoms with E-state index in [9.17, 15) is 0 Å². The maximum Gasteiger partial charge on any atom is 0.0873 e. The first-order chi connectivity index (χ1) is 12.7. The quantitative estimate of drug-likeness (QED) is 0.455. The molecule has 0 aliphatic heterocycles. The molecule has 2 nitrogen and oxygen atoms in total. The molecule has 0 spiro atoms. The number of rotatable bonds is 4.